The van der Waals surface area contributed by atoms with Gasteiger partial charge in [-0.1, -0.05) is 63.8 Å². The Kier molecular flexibility index (Phi) is 14.8. The molecule has 0 aliphatic heterocycles. The maximum Gasteiger partial charge on any atom is 0.119 e. The monoisotopic (exact) mass is 526 g/mol. The summed E-state index contributed by atoms with van der Waals surface area (Å²) in [5.41, 5.74) is 2.34. The lowest BCUT2D eigenvalue weighted by molar-refractivity contribution is -0.890. The molecule has 2 rings (SSSR count). The maximum atomic E-state index is 6.15. The van der Waals surface area contributed by atoms with Crippen molar-refractivity contribution in [1.29, 1.82) is 0 Å². The van der Waals surface area contributed by atoms with Crippen molar-refractivity contribution in [1.82, 2.24) is 0 Å². The van der Waals surface area contributed by atoms with Crippen molar-refractivity contribution in [3.05, 3.63) is 48.5 Å². The molecule has 4 nitrogen and oxygen atoms in total. The highest BCUT2D eigenvalue weighted by molar-refractivity contribution is 5.66. The summed E-state index contributed by atoms with van der Waals surface area (Å²) in [6, 6.07) is 16.9. The van der Waals surface area contributed by atoms with Crippen molar-refractivity contribution in [2.45, 2.75) is 78.1 Å². The van der Waals surface area contributed by atoms with E-state index in [2.05, 4.69) is 90.6 Å². The summed E-state index contributed by atoms with van der Waals surface area (Å²) in [6.07, 6.45) is 12.8. The molecule has 0 aromatic heterocycles. The van der Waals surface area contributed by atoms with E-state index in [0.29, 0.717) is 0 Å². The number of quaternary nitrogens is 2. The van der Waals surface area contributed by atoms with Gasteiger partial charge in [0.1, 0.15) is 11.5 Å². The highest BCUT2D eigenvalue weighted by Crippen LogP contribution is 2.27. The number of ether oxygens (including phenoxy) is 2. The lowest BCUT2D eigenvalue weighted by Gasteiger charge is -2.30. The number of benzene rings is 2. The Morgan fingerprint density at radius 3 is 1.29 bits per heavy atom. The predicted molar refractivity (Wildman–Crippen MR) is 164 cm³/mol. The minimum absolute atomic E-state index is 0.761. The smallest absolute Gasteiger partial charge is 0.119 e. The summed E-state index contributed by atoms with van der Waals surface area (Å²) < 4.78 is 14.5. The van der Waals surface area contributed by atoms with E-state index in [1.165, 1.54) is 75.6 Å². The van der Waals surface area contributed by atoms with Gasteiger partial charge in [-0.15, -0.1) is 0 Å². The van der Waals surface area contributed by atoms with E-state index in [0.717, 1.165) is 59.6 Å². The predicted octanol–water partition coefficient (Wildman–Crippen LogP) is 8.20. The second kappa shape index (κ2) is 17.5. The van der Waals surface area contributed by atoms with E-state index in [9.17, 15) is 0 Å². The minimum Gasteiger partial charge on any atom is -0.493 e. The molecule has 4 heteroatoms. The van der Waals surface area contributed by atoms with Crippen LogP contribution in [0.25, 0.3) is 11.1 Å². The van der Waals surface area contributed by atoms with Gasteiger partial charge in [-0.25, -0.2) is 0 Å². The molecule has 0 aliphatic carbocycles. The largest absolute Gasteiger partial charge is 0.493 e. The molecule has 2 aromatic rings. The van der Waals surface area contributed by atoms with Crippen LogP contribution in [0.4, 0.5) is 0 Å². The van der Waals surface area contributed by atoms with Crippen LogP contribution in [0.1, 0.15) is 78.1 Å². The lowest BCUT2D eigenvalue weighted by Crippen LogP contribution is -2.41. The average molecular weight is 527 g/mol. The first-order chi connectivity index (χ1) is 18.2. The summed E-state index contributed by atoms with van der Waals surface area (Å²) in [6.45, 7) is 10.9. The third kappa shape index (κ3) is 13.7. The Bertz CT molecular complexity index is 820. The summed E-state index contributed by atoms with van der Waals surface area (Å²) in [7, 11) is 9.37. The summed E-state index contributed by atoms with van der Waals surface area (Å²) in [4.78, 5) is 0. The Labute approximate surface area is 235 Å². The van der Waals surface area contributed by atoms with Crippen LogP contribution in [0.2, 0.25) is 0 Å². The molecule has 0 heterocycles. The van der Waals surface area contributed by atoms with Crippen molar-refractivity contribution in [2.24, 2.45) is 0 Å². The molecule has 0 fully saturated rings. The fourth-order valence-corrected chi connectivity index (χ4v) is 5.05. The Hall–Kier alpha value is -2.04. The van der Waals surface area contributed by atoms with Crippen LogP contribution in [0.5, 0.6) is 11.5 Å². The molecule has 0 amide bonds. The number of nitrogens with zero attached hydrogens (tertiary/aromatic N) is 2. The van der Waals surface area contributed by atoms with E-state index in [1.54, 1.807) is 0 Å². The van der Waals surface area contributed by atoms with Crippen LogP contribution in [0, 0.1) is 0 Å². The van der Waals surface area contributed by atoms with E-state index in [-0.39, 0.29) is 0 Å². The van der Waals surface area contributed by atoms with Gasteiger partial charge >= 0.3 is 0 Å². The first-order valence-electron chi connectivity index (χ1n) is 15.3. The summed E-state index contributed by atoms with van der Waals surface area (Å²) in [5.74, 6) is 1.89. The summed E-state index contributed by atoms with van der Waals surface area (Å²) >= 11 is 0. The Balaban J connectivity index is 1.77. The van der Waals surface area contributed by atoms with Crippen LogP contribution in [0.3, 0.4) is 0 Å². The maximum absolute atomic E-state index is 6.15. The molecular formula is C34H58N2O2+2. The van der Waals surface area contributed by atoms with Gasteiger partial charge in [-0.2, -0.15) is 0 Å². The van der Waals surface area contributed by atoms with Gasteiger partial charge in [0, 0.05) is 12.8 Å². The van der Waals surface area contributed by atoms with E-state index < -0.39 is 0 Å². The van der Waals surface area contributed by atoms with Crippen LogP contribution < -0.4 is 9.47 Å². The fourth-order valence-electron chi connectivity index (χ4n) is 5.05. The fraction of sp³-hybridized carbons (Fsp3) is 0.647. The van der Waals surface area contributed by atoms with Gasteiger partial charge in [0.05, 0.1) is 67.6 Å². The molecule has 38 heavy (non-hydrogen) atoms. The Morgan fingerprint density at radius 2 is 0.895 bits per heavy atom. The molecule has 0 saturated carbocycles. The highest BCUT2D eigenvalue weighted by atomic mass is 16.5. The molecule has 0 N–H and O–H groups in total. The van der Waals surface area contributed by atoms with Crippen molar-refractivity contribution >= 4 is 0 Å². The van der Waals surface area contributed by atoms with Gasteiger partial charge in [-0.3, -0.25) is 0 Å². The second-order valence-electron chi connectivity index (χ2n) is 12.3. The van der Waals surface area contributed by atoms with Crippen molar-refractivity contribution in [3.8, 4) is 22.6 Å². The van der Waals surface area contributed by atoms with Gasteiger partial charge < -0.3 is 18.4 Å². The molecule has 0 aliphatic rings. The van der Waals surface area contributed by atoms with E-state index in [1.807, 2.05) is 0 Å². The lowest BCUT2D eigenvalue weighted by atomic mass is 10.1. The van der Waals surface area contributed by atoms with Crippen LogP contribution >= 0.6 is 0 Å². The van der Waals surface area contributed by atoms with Gasteiger partial charge in [0.25, 0.3) is 0 Å². The molecule has 214 valence electrons. The molecule has 0 spiro atoms. The Morgan fingerprint density at radius 1 is 0.500 bits per heavy atom. The van der Waals surface area contributed by atoms with Crippen molar-refractivity contribution < 1.29 is 18.4 Å². The zero-order valence-electron chi connectivity index (χ0n) is 25.6. The zero-order chi connectivity index (χ0) is 27.7. The topological polar surface area (TPSA) is 18.5 Å². The van der Waals surface area contributed by atoms with Gasteiger partial charge in [-0.05, 0) is 61.1 Å². The minimum atomic E-state index is 0.761. The third-order valence-corrected chi connectivity index (χ3v) is 7.59. The van der Waals surface area contributed by atoms with E-state index >= 15 is 0 Å². The molecular weight excluding hydrogens is 468 g/mol. The SMILES string of the molecule is CCCCCC[N+](C)(C)CCCOc1cccc(-c2cccc(OCCC[N+](C)(C)CCCCCC)c2)c1. The first-order valence-corrected chi connectivity index (χ1v) is 15.3. The quantitative estimate of drug-likeness (QED) is 0.121. The number of rotatable bonds is 21. The normalized spacial score (nSPS) is 12.1. The first kappa shape index (κ1) is 32.2. The van der Waals surface area contributed by atoms with Crippen molar-refractivity contribution in [3.63, 3.8) is 0 Å². The van der Waals surface area contributed by atoms with Crippen molar-refractivity contribution in [2.75, 3.05) is 67.6 Å². The number of hydrogen-bond donors (Lipinski definition) is 0. The third-order valence-electron chi connectivity index (χ3n) is 7.59. The van der Waals surface area contributed by atoms with Crippen LogP contribution in [-0.2, 0) is 0 Å². The van der Waals surface area contributed by atoms with Crippen LogP contribution in [-0.4, -0.2) is 76.5 Å². The van der Waals surface area contributed by atoms with Crippen LogP contribution in [0.15, 0.2) is 48.5 Å². The average Bonchev–Trinajstić information content (AvgIpc) is 2.90. The molecule has 0 unspecified atom stereocenters. The number of unbranched alkanes of at least 4 members (excludes halogenated alkanes) is 6. The molecule has 0 saturated heterocycles. The highest BCUT2D eigenvalue weighted by Gasteiger charge is 2.15. The standard InChI is InChI=1S/C34H58N2O2/c1-7-9-11-13-23-35(3,4)25-17-27-37-33-21-15-19-31(29-33)32-20-16-22-34(30-32)38-28-18-26-36(5,6)24-14-12-10-8-2/h15-16,19-22,29-30H,7-14,17-18,23-28H2,1-6H3/q+2. The molecule has 0 bridgehead atoms. The molecule has 0 radical (unpaired) electrons. The van der Waals surface area contributed by atoms with Gasteiger partial charge in [0.15, 0.2) is 0 Å². The molecule has 0 atom stereocenters. The molecule has 2 aromatic carbocycles. The van der Waals surface area contributed by atoms with E-state index in [4.69, 9.17) is 9.47 Å². The summed E-state index contributed by atoms with van der Waals surface area (Å²) in [5, 5.41) is 0. The zero-order valence-corrected chi connectivity index (χ0v) is 25.6. The second-order valence-corrected chi connectivity index (χ2v) is 12.3. The van der Waals surface area contributed by atoms with Gasteiger partial charge in [0.2, 0.25) is 0 Å². The number of hydrogen-bond acceptors (Lipinski definition) is 2.